The maximum atomic E-state index is 13.8. The summed E-state index contributed by atoms with van der Waals surface area (Å²) in [6, 6.07) is 14.7. The summed E-state index contributed by atoms with van der Waals surface area (Å²) < 4.78 is 13.8. The van der Waals surface area contributed by atoms with Crippen LogP contribution in [0.25, 0.3) is 22.2 Å². The van der Waals surface area contributed by atoms with Gasteiger partial charge < -0.3 is 10.3 Å². The fourth-order valence-electron chi connectivity index (χ4n) is 3.10. The Morgan fingerprint density at radius 1 is 1.15 bits per heavy atom. The topological polar surface area (TPSA) is 44.9 Å². The largest absolute Gasteiger partial charge is 0.354 e. The number of hydrogen-bond donors (Lipinski definition) is 2. The van der Waals surface area contributed by atoms with Crippen LogP contribution in [0, 0.1) is 5.82 Å². The Bertz CT molecular complexity index is 913. The SMILES string of the molecule is CCC(C)(C)NC(=O)CCc1c(-c2ccccc2)[nH]c2ccc(F)cc12. The lowest BCUT2D eigenvalue weighted by atomic mass is 9.99. The number of fused-ring (bicyclic) bond motifs is 1. The number of halogens is 1. The number of hydrogen-bond acceptors (Lipinski definition) is 1. The van der Waals surface area contributed by atoms with Gasteiger partial charge in [-0.25, -0.2) is 4.39 Å². The number of aromatic amines is 1. The maximum absolute atomic E-state index is 13.8. The number of benzene rings is 2. The summed E-state index contributed by atoms with van der Waals surface area (Å²) in [7, 11) is 0. The second kappa shape index (κ2) is 7.32. The first-order valence-corrected chi connectivity index (χ1v) is 9.06. The van der Waals surface area contributed by atoms with Crippen molar-refractivity contribution in [3.8, 4) is 11.3 Å². The first-order valence-electron chi connectivity index (χ1n) is 9.06. The number of amides is 1. The van der Waals surface area contributed by atoms with Crippen LogP contribution in [0.1, 0.15) is 39.2 Å². The fourth-order valence-corrected chi connectivity index (χ4v) is 3.10. The van der Waals surface area contributed by atoms with Crippen LogP contribution in [0.2, 0.25) is 0 Å². The van der Waals surface area contributed by atoms with Gasteiger partial charge in [-0.1, -0.05) is 37.3 Å². The summed E-state index contributed by atoms with van der Waals surface area (Å²) in [4.78, 5) is 15.8. The molecule has 136 valence electrons. The summed E-state index contributed by atoms with van der Waals surface area (Å²) in [6.07, 6.45) is 1.79. The smallest absolute Gasteiger partial charge is 0.220 e. The Morgan fingerprint density at radius 3 is 2.58 bits per heavy atom. The first-order chi connectivity index (χ1) is 12.4. The average Bonchev–Trinajstić information content (AvgIpc) is 2.98. The van der Waals surface area contributed by atoms with E-state index in [0.29, 0.717) is 12.8 Å². The number of nitrogens with one attached hydrogen (secondary N) is 2. The highest BCUT2D eigenvalue weighted by atomic mass is 19.1. The van der Waals surface area contributed by atoms with Gasteiger partial charge in [0.05, 0.1) is 0 Å². The molecule has 0 spiro atoms. The van der Waals surface area contributed by atoms with Crippen molar-refractivity contribution in [2.45, 2.75) is 45.6 Å². The molecule has 0 unspecified atom stereocenters. The lowest BCUT2D eigenvalue weighted by Gasteiger charge is -2.24. The van der Waals surface area contributed by atoms with Crippen LogP contribution in [-0.2, 0) is 11.2 Å². The van der Waals surface area contributed by atoms with E-state index in [2.05, 4.69) is 17.2 Å². The Kier molecular flexibility index (Phi) is 5.12. The third-order valence-electron chi connectivity index (χ3n) is 4.89. The summed E-state index contributed by atoms with van der Waals surface area (Å²) in [5.74, 6) is -0.254. The number of aromatic nitrogens is 1. The van der Waals surface area contributed by atoms with Gasteiger partial charge in [-0.2, -0.15) is 0 Å². The highest BCUT2D eigenvalue weighted by molar-refractivity contribution is 5.91. The van der Waals surface area contributed by atoms with E-state index >= 15 is 0 Å². The van der Waals surface area contributed by atoms with Crippen molar-refractivity contribution in [1.82, 2.24) is 10.3 Å². The zero-order chi connectivity index (χ0) is 18.7. The Hall–Kier alpha value is -2.62. The minimum absolute atomic E-state index is 0.0154. The molecule has 1 amide bonds. The van der Waals surface area contributed by atoms with Crippen molar-refractivity contribution in [3.05, 3.63) is 59.9 Å². The van der Waals surface area contributed by atoms with Crippen molar-refractivity contribution in [3.63, 3.8) is 0 Å². The normalized spacial score (nSPS) is 11.7. The van der Waals surface area contributed by atoms with E-state index in [1.807, 2.05) is 44.2 Å². The molecule has 0 saturated carbocycles. The standard InChI is InChI=1S/C22H25FN2O/c1-4-22(2,3)25-20(26)13-11-17-18-14-16(23)10-12-19(18)24-21(17)15-8-6-5-7-9-15/h5-10,12,14,24H,4,11,13H2,1-3H3,(H,25,26). The third kappa shape index (κ3) is 3.96. The number of rotatable bonds is 6. The van der Waals surface area contributed by atoms with Gasteiger partial charge in [-0.3, -0.25) is 4.79 Å². The van der Waals surface area contributed by atoms with Crippen molar-refractivity contribution < 1.29 is 9.18 Å². The summed E-state index contributed by atoms with van der Waals surface area (Å²) in [6.45, 7) is 6.08. The molecule has 1 heterocycles. The van der Waals surface area contributed by atoms with E-state index in [1.54, 1.807) is 12.1 Å². The molecule has 0 bridgehead atoms. The molecule has 1 aromatic heterocycles. The zero-order valence-corrected chi connectivity index (χ0v) is 15.5. The lowest BCUT2D eigenvalue weighted by Crippen LogP contribution is -2.42. The number of carbonyl (C=O) groups excluding carboxylic acids is 1. The van der Waals surface area contributed by atoms with E-state index < -0.39 is 0 Å². The molecule has 3 rings (SSSR count). The van der Waals surface area contributed by atoms with Crippen molar-refractivity contribution in [2.24, 2.45) is 0 Å². The number of H-pyrrole nitrogens is 1. The van der Waals surface area contributed by atoms with Gasteiger partial charge in [0.25, 0.3) is 0 Å². The number of carbonyl (C=O) groups is 1. The van der Waals surface area contributed by atoms with E-state index in [4.69, 9.17) is 0 Å². The fraction of sp³-hybridized carbons (Fsp3) is 0.318. The molecule has 0 aliphatic carbocycles. The van der Waals surface area contributed by atoms with Crippen LogP contribution in [0.15, 0.2) is 48.5 Å². The van der Waals surface area contributed by atoms with Gasteiger partial charge >= 0.3 is 0 Å². The van der Waals surface area contributed by atoms with Gasteiger partial charge in [-0.05, 0) is 56.0 Å². The van der Waals surface area contributed by atoms with Gasteiger partial charge in [0.1, 0.15) is 5.82 Å². The zero-order valence-electron chi connectivity index (χ0n) is 15.5. The van der Waals surface area contributed by atoms with Gasteiger partial charge in [0.2, 0.25) is 5.91 Å². The molecule has 0 atom stereocenters. The molecule has 2 aromatic carbocycles. The quantitative estimate of drug-likeness (QED) is 0.628. The summed E-state index contributed by atoms with van der Waals surface area (Å²) >= 11 is 0. The van der Waals surface area contributed by atoms with Crippen LogP contribution in [0.3, 0.4) is 0 Å². The molecule has 3 aromatic rings. The molecular formula is C22H25FN2O. The molecule has 3 nitrogen and oxygen atoms in total. The molecule has 0 fully saturated rings. The number of aryl methyl sites for hydroxylation is 1. The molecule has 0 aliphatic heterocycles. The monoisotopic (exact) mass is 352 g/mol. The molecule has 0 radical (unpaired) electrons. The maximum Gasteiger partial charge on any atom is 0.220 e. The summed E-state index contributed by atoms with van der Waals surface area (Å²) in [5, 5.41) is 3.90. The van der Waals surface area contributed by atoms with Crippen molar-refractivity contribution in [2.75, 3.05) is 0 Å². The molecule has 0 saturated heterocycles. The Balaban J connectivity index is 1.93. The molecule has 26 heavy (non-hydrogen) atoms. The molecule has 0 aliphatic rings. The van der Waals surface area contributed by atoms with E-state index in [9.17, 15) is 9.18 Å². The molecule has 2 N–H and O–H groups in total. The summed E-state index contributed by atoms with van der Waals surface area (Å²) in [5.41, 5.74) is 3.64. The second-order valence-electron chi connectivity index (χ2n) is 7.32. The van der Waals surface area contributed by atoms with Gasteiger partial charge in [0, 0.05) is 28.6 Å². The lowest BCUT2D eigenvalue weighted by molar-refractivity contribution is -0.122. The van der Waals surface area contributed by atoms with Crippen LogP contribution in [0.4, 0.5) is 4.39 Å². The first kappa shape index (κ1) is 18.2. The minimum Gasteiger partial charge on any atom is -0.354 e. The highest BCUT2D eigenvalue weighted by Crippen LogP contribution is 2.31. The minimum atomic E-state index is -0.270. The highest BCUT2D eigenvalue weighted by Gasteiger charge is 2.19. The van der Waals surface area contributed by atoms with Gasteiger partial charge in [0.15, 0.2) is 0 Å². The van der Waals surface area contributed by atoms with Crippen LogP contribution in [-0.4, -0.2) is 16.4 Å². The van der Waals surface area contributed by atoms with Crippen molar-refractivity contribution in [1.29, 1.82) is 0 Å². The van der Waals surface area contributed by atoms with E-state index in [-0.39, 0.29) is 17.3 Å². The average molecular weight is 352 g/mol. The van der Waals surface area contributed by atoms with E-state index in [1.165, 1.54) is 6.07 Å². The predicted octanol–water partition coefficient (Wildman–Crippen LogP) is 5.21. The van der Waals surface area contributed by atoms with Crippen LogP contribution in [0.5, 0.6) is 0 Å². The predicted molar refractivity (Wildman–Crippen MR) is 105 cm³/mol. The van der Waals surface area contributed by atoms with Crippen molar-refractivity contribution >= 4 is 16.8 Å². The Labute approximate surface area is 153 Å². The van der Waals surface area contributed by atoms with Crippen LogP contribution >= 0.6 is 0 Å². The van der Waals surface area contributed by atoms with Gasteiger partial charge in [-0.15, -0.1) is 0 Å². The second-order valence-corrected chi connectivity index (χ2v) is 7.32. The third-order valence-corrected chi connectivity index (χ3v) is 4.89. The Morgan fingerprint density at radius 2 is 1.88 bits per heavy atom. The van der Waals surface area contributed by atoms with E-state index in [0.717, 1.165) is 34.1 Å². The van der Waals surface area contributed by atoms with Crippen LogP contribution < -0.4 is 5.32 Å². The molecule has 4 heteroatoms. The molecular weight excluding hydrogens is 327 g/mol.